The van der Waals surface area contributed by atoms with Crippen LogP contribution in [0.3, 0.4) is 0 Å². The predicted molar refractivity (Wildman–Crippen MR) is 34.4 cm³/mol. The lowest BCUT2D eigenvalue weighted by atomic mass is 10.2. The number of hydrogen-bond acceptors (Lipinski definition) is 3. The summed E-state index contributed by atoms with van der Waals surface area (Å²) < 4.78 is 0. The van der Waals surface area contributed by atoms with E-state index in [1.54, 1.807) is 5.41 Å². The highest BCUT2D eigenvalue weighted by molar-refractivity contribution is 8.16. The van der Waals surface area contributed by atoms with Crippen LogP contribution in [0.15, 0.2) is 11.5 Å². The third kappa shape index (κ3) is 1.13. The molecule has 0 fully saturated rings. The van der Waals surface area contributed by atoms with Gasteiger partial charge >= 0.3 is 0 Å². The number of carbonyl (C=O) groups excluding carboxylic acids is 2. The standard InChI is InChI=1S/C5H5NO2S/c6-4(7)3-1-2-9-5(3)8/h1-3H,(H2,6,7). The molecular formula is C5H5NO2S. The molecule has 0 radical (unpaired) electrons. The lowest BCUT2D eigenvalue weighted by Gasteiger charge is -1.95. The fraction of sp³-hybridized carbons (Fsp3) is 0.200. The maximum atomic E-state index is 10.6. The van der Waals surface area contributed by atoms with E-state index in [1.165, 1.54) is 6.08 Å². The average Bonchev–Trinajstić information content (AvgIpc) is 2.13. The van der Waals surface area contributed by atoms with E-state index in [2.05, 4.69) is 0 Å². The molecule has 0 saturated heterocycles. The maximum Gasteiger partial charge on any atom is 0.232 e. The van der Waals surface area contributed by atoms with Crippen molar-refractivity contribution in [2.45, 2.75) is 0 Å². The minimum atomic E-state index is -0.685. The van der Waals surface area contributed by atoms with Crippen LogP contribution in [0, 0.1) is 5.92 Å². The minimum absolute atomic E-state index is 0.178. The van der Waals surface area contributed by atoms with Crippen LogP contribution in [0.2, 0.25) is 0 Å². The second kappa shape index (κ2) is 2.23. The van der Waals surface area contributed by atoms with Crippen molar-refractivity contribution in [3.63, 3.8) is 0 Å². The largest absolute Gasteiger partial charge is 0.369 e. The van der Waals surface area contributed by atoms with Gasteiger partial charge in [-0.2, -0.15) is 0 Å². The number of hydrogen-bond donors (Lipinski definition) is 1. The monoisotopic (exact) mass is 143 g/mol. The molecule has 48 valence electrons. The van der Waals surface area contributed by atoms with Gasteiger partial charge in [0, 0.05) is 0 Å². The van der Waals surface area contributed by atoms with Crippen LogP contribution < -0.4 is 5.73 Å². The van der Waals surface area contributed by atoms with E-state index in [-0.39, 0.29) is 5.12 Å². The van der Waals surface area contributed by atoms with Gasteiger partial charge in [-0.1, -0.05) is 17.8 Å². The summed E-state index contributed by atoms with van der Waals surface area (Å²) >= 11 is 1.01. The molecule has 9 heavy (non-hydrogen) atoms. The molecule has 2 N–H and O–H groups in total. The topological polar surface area (TPSA) is 60.2 Å². The van der Waals surface area contributed by atoms with Crippen molar-refractivity contribution in [3.05, 3.63) is 11.5 Å². The summed E-state index contributed by atoms with van der Waals surface area (Å²) in [5, 5.41) is 1.40. The van der Waals surface area contributed by atoms with E-state index in [0.717, 1.165) is 11.8 Å². The Morgan fingerprint density at radius 1 is 1.78 bits per heavy atom. The van der Waals surface area contributed by atoms with Gasteiger partial charge in [0.25, 0.3) is 0 Å². The van der Waals surface area contributed by atoms with Gasteiger partial charge in [0.05, 0.1) is 0 Å². The van der Waals surface area contributed by atoms with Gasteiger partial charge in [0.2, 0.25) is 11.0 Å². The summed E-state index contributed by atoms with van der Waals surface area (Å²) in [7, 11) is 0. The Balaban J connectivity index is 2.71. The van der Waals surface area contributed by atoms with Crippen LogP contribution in [0.5, 0.6) is 0 Å². The highest BCUT2D eigenvalue weighted by atomic mass is 32.2. The van der Waals surface area contributed by atoms with Crippen LogP contribution in [0.1, 0.15) is 0 Å². The Morgan fingerprint density at radius 3 is 2.67 bits per heavy atom. The smallest absolute Gasteiger partial charge is 0.232 e. The van der Waals surface area contributed by atoms with Crippen molar-refractivity contribution < 1.29 is 9.59 Å². The molecule has 4 heteroatoms. The number of carbonyl (C=O) groups is 2. The summed E-state index contributed by atoms with van der Waals surface area (Å²) in [6.45, 7) is 0. The van der Waals surface area contributed by atoms with Gasteiger partial charge < -0.3 is 5.73 Å². The zero-order valence-corrected chi connectivity index (χ0v) is 5.35. The highest BCUT2D eigenvalue weighted by Gasteiger charge is 2.24. The van der Waals surface area contributed by atoms with Crippen molar-refractivity contribution in [2.24, 2.45) is 11.7 Å². The maximum absolute atomic E-state index is 10.6. The molecular weight excluding hydrogens is 138 g/mol. The van der Waals surface area contributed by atoms with E-state index < -0.39 is 11.8 Å². The fourth-order valence-electron chi connectivity index (χ4n) is 0.548. The first kappa shape index (κ1) is 6.35. The van der Waals surface area contributed by atoms with Gasteiger partial charge in [0.1, 0.15) is 5.92 Å². The molecule has 1 unspecified atom stereocenters. The van der Waals surface area contributed by atoms with E-state index in [1.807, 2.05) is 0 Å². The molecule has 0 aromatic rings. The van der Waals surface area contributed by atoms with Gasteiger partial charge in [0.15, 0.2) is 0 Å². The number of primary amides is 1. The Labute approximate surface area is 56.3 Å². The number of nitrogens with two attached hydrogens (primary N) is 1. The summed E-state index contributed by atoms with van der Waals surface area (Å²) in [6.07, 6.45) is 1.51. The molecule has 0 aromatic carbocycles. The average molecular weight is 143 g/mol. The first-order valence-electron chi connectivity index (χ1n) is 2.38. The van der Waals surface area contributed by atoms with Crippen molar-refractivity contribution in [3.8, 4) is 0 Å². The second-order valence-electron chi connectivity index (χ2n) is 1.65. The second-order valence-corrected chi connectivity index (χ2v) is 2.56. The van der Waals surface area contributed by atoms with Gasteiger partial charge in [-0.05, 0) is 5.41 Å². The van der Waals surface area contributed by atoms with Crippen molar-refractivity contribution in [2.75, 3.05) is 0 Å². The Morgan fingerprint density at radius 2 is 2.44 bits per heavy atom. The van der Waals surface area contributed by atoms with E-state index in [9.17, 15) is 9.59 Å². The number of amides is 1. The Kier molecular flexibility index (Phi) is 1.57. The Hall–Kier alpha value is -0.770. The molecule has 0 bridgehead atoms. The molecule has 0 aromatic heterocycles. The van der Waals surface area contributed by atoms with Gasteiger partial charge in [-0.15, -0.1) is 0 Å². The molecule has 1 atom stereocenters. The first-order valence-corrected chi connectivity index (χ1v) is 3.26. The van der Waals surface area contributed by atoms with Gasteiger partial charge in [-0.3, -0.25) is 9.59 Å². The van der Waals surface area contributed by atoms with E-state index >= 15 is 0 Å². The Bertz CT molecular complexity index is 187. The summed E-state index contributed by atoms with van der Waals surface area (Å²) in [5.74, 6) is -1.25. The van der Waals surface area contributed by atoms with E-state index in [4.69, 9.17) is 5.73 Å². The normalized spacial score (nSPS) is 24.9. The van der Waals surface area contributed by atoms with E-state index in [0.29, 0.717) is 0 Å². The fourth-order valence-corrected chi connectivity index (χ4v) is 1.26. The summed E-state index contributed by atoms with van der Waals surface area (Å²) in [4.78, 5) is 21.0. The summed E-state index contributed by atoms with van der Waals surface area (Å²) in [6, 6.07) is 0. The third-order valence-corrected chi connectivity index (χ3v) is 1.80. The van der Waals surface area contributed by atoms with Gasteiger partial charge in [-0.25, -0.2) is 0 Å². The first-order chi connectivity index (χ1) is 4.22. The molecule has 3 nitrogen and oxygen atoms in total. The number of rotatable bonds is 1. The molecule has 1 amide bonds. The molecule has 0 saturated carbocycles. The highest BCUT2D eigenvalue weighted by Crippen LogP contribution is 2.21. The quantitative estimate of drug-likeness (QED) is 0.520. The van der Waals surface area contributed by atoms with Crippen molar-refractivity contribution >= 4 is 22.8 Å². The zero-order chi connectivity index (χ0) is 6.85. The third-order valence-electron chi connectivity index (χ3n) is 1.02. The number of thioether (sulfide) groups is 1. The lowest BCUT2D eigenvalue weighted by molar-refractivity contribution is -0.125. The van der Waals surface area contributed by atoms with Crippen LogP contribution in [0.4, 0.5) is 0 Å². The van der Waals surface area contributed by atoms with Crippen LogP contribution in [-0.2, 0) is 9.59 Å². The van der Waals surface area contributed by atoms with Crippen LogP contribution >= 0.6 is 11.8 Å². The van der Waals surface area contributed by atoms with Crippen LogP contribution in [-0.4, -0.2) is 11.0 Å². The molecule has 0 spiro atoms. The summed E-state index contributed by atoms with van der Waals surface area (Å²) in [5.41, 5.74) is 4.86. The predicted octanol–water partition coefficient (Wildman–Crippen LogP) is -0.125. The molecule has 1 heterocycles. The molecule has 1 aliphatic heterocycles. The van der Waals surface area contributed by atoms with Crippen LogP contribution in [0.25, 0.3) is 0 Å². The van der Waals surface area contributed by atoms with Crippen molar-refractivity contribution in [1.29, 1.82) is 0 Å². The molecule has 0 aliphatic carbocycles. The SMILES string of the molecule is NC(=O)C1C=CSC1=O. The van der Waals surface area contributed by atoms with Crippen molar-refractivity contribution in [1.82, 2.24) is 0 Å². The molecule has 1 aliphatic rings. The lowest BCUT2D eigenvalue weighted by Crippen LogP contribution is -2.24. The zero-order valence-electron chi connectivity index (χ0n) is 4.53. The minimum Gasteiger partial charge on any atom is -0.369 e. The molecule has 1 rings (SSSR count).